The summed E-state index contributed by atoms with van der Waals surface area (Å²) >= 11 is 0. The van der Waals surface area contributed by atoms with E-state index in [9.17, 15) is 4.79 Å². The highest BCUT2D eigenvalue weighted by Crippen LogP contribution is 2.21. The van der Waals surface area contributed by atoms with Gasteiger partial charge in [0.05, 0.1) is 18.3 Å². The average molecular weight is 346 g/mol. The largest absolute Gasteiger partial charge is 0.379 e. The number of hydrogen-bond donors (Lipinski definition) is 2. The third-order valence-electron chi connectivity index (χ3n) is 4.12. The topological polar surface area (TPSA) is 81.1 Å². The van der Waals surface area contributed by atoms with E-state index < -0.39 is 0 Å². The summed E-state index contributed by atoms with van der Waals surface area (Å²) in [6.45, 7) is 8.67. The summed E-state index contributed by atoms with van der Waals surface area (Å²) in [5, 5.41) is 14.3. The molecule has 1 aliphatic rings. The van der Waals surface area contributed by atoms with Crippen LogP contribution in [0.5, 0.6) is 0 Å². The van der Waals surface area contributed by atoms with Crippen molar-refractivity contribution in [3.63, 3.8) is 0 Å². The smallest absolute Gasteiger partial charge is 0.273 e. The highest BCUT2D eigenvalue weighted by molar-refractivity contribution is 5.91. The average Bonchev–Trinajstić information content (AvgIpc) is 2.97. The normalized spacial score (nSPS) is 17.4. The van der Waals surface area contributed by atoms with Gasteiger partial charge in [-0.1, -0.05) is 26.0 Å². The fourth-order valence-corrected chi connectivity index (χ4v) is 2.65. The fraction of sp³-hybridized carbons (Fsp3) is 0.800. The van der Waals surface area contributed by atoms with Crippen LogP contribution in [0.3, 0.4) is 0 Å². The predicted octanol–water partition coefficient (Wildman–Crippen LogP) is 1.42. The van der Waals surface area contributed by atoms with E-state index in [0.717, 1.165) is 25.9 Å². The van der Waals surface area contributed by atoms with Gasteiger partial charge >= 0.3 is 0 Å². The van der Waals surface area contributed by atoms with E-state index in [0.29, 0.717) is 18.3 Å². The van der Waals surface area contributed by atoms with Crippen LogP contribution in [0.2, 0.25) is 0 Å². The predicted molar refractivity (Wildman–Crippen MR) is 91.0 cm³/mol. The Bertz CT molecular complexity index is 494. The second kappa shape index (κ2) is 8.61. The summed E-state index contributed by atoms with van der Waals surface area (Å²) in [4.78, 5) is 12.2. The molecular formula is C15H28ClN5O2. The lowest BCUT2D eigenvalue weighted by Crippen LogP contribution is -2.40. The highest BCUT2D eigenvalue weighted by Gasteiger charge is 2.25. The first kappa shape index (κ1) is 19.9. The standard InChI is InChI=1S/C15H27N5O2.ClH/c1-15(2,3)13(22-4)9-17-14(21)12-10-20(19-18-12)11-5-7-16-8-6-11;/h10-11,13,16H,5-9H2,1-4H3,(H,17,21);1H. The Morgan fingerprint density at radius 1 is 1.48 bits per heavy atom. The summed E-state index contributed by atoms with van der Waals surface area (Å²) < 4.78 is 7.25. The van der Waals surface area contributed by atoms with Crippen molar-refractivity contribution in [2.24, 2.45) is 5.41 Å². The summed E-state index contributed by atoms with van der Waals surface area (Å²) in [7, 11) is 1.66. The molecule has 1 atom stereocenters. The Hall–Kier alpha value is -1.18. The molecule has 0 aromatic carbocycles. The summed E-state index contributed by atoms with van der Waals surface area (Å²) in [6.07, 6.45) is 3.72. The van der Waals surface area contributed by atoms with Gasteiger partial charge in [-0.05, 0) is 31.3 Å². The summed E-state index contributed by atoms with van der Waals surface area (Å²) in [6, 6.07) is 0.330. The highest BCUT2D eigenvalue weighted by atomic mass is 35.5. The number of nitrogens with zero attached hydrogens (tertiary/aromatic N) is 3. The van der Waals surface area contributed by atoms with Gasteiger partial charge in [-0.15, -0.1) is 17.5 Å². The first-order valence-electron chi connectivity index (χ1n) is 7.85. The number of halogens is 1. The molecule has 8 heteroatoms. The van der Waals surface area contributed by atoms with Crippen LogP contribution >= 0.6 is 12.4 Å². The van der Waals surface area contributed by atoms with Crippen LogP contribution in [0.1, 0.15) is 50.1 Å². The van der Waals surface area contributed by atoms with E-state index in [1.54, 1.807) is 13.3 Å². The molecule has 1 aliphatic heterocycles. The van der Waals surface area contributed by atoms with E-state index in [-0.39, 0.29) is 29.8 Å². The van der Waals surface area contributed by atoms with Crippen molar-refractivity contribution in [1.82, 2.24) is 25.6 Å². The Kier molecular flexibility index (Phi) is 7.44. The third kappa shape index (κ3) is 5.44. The van der Waals surface area contributed by atoms with E-state index in [2.05, 4.69) is 41.7 Å². The molecule has 0 aliphatic carbocycles. The molecule has 7 nitrogen and oxygen atoms in total. The molecule has 0 radical (unpaired) electrons. The van der Waals surface area contributed by atoms with Crippen molar-refractivity contribution in [3.05, 3.63) is 11.9 Å². The zero-order chi connectivity index (χ0) is 16.2. The number of ether oxygens (including phenoxy) is 1. The van der Waals surface area contributed by atoms with Crippen LogP contribution < -0.4 is 10.6 Å². The van der Waals surface area contributed by atoms with Crippen molar-refractivity contribution in [1.29, 1.82) is 0 Å². The van der Waals surface area contributed by atoms with Gasteiger partial charge in [0, 0.05) is 13.7 Å². The van der Waals surface area contributed by atoms with E-state index >= 15 is 0 Å². The van der Waals surface area contributed by atoms with E-state index in [1.165, 1.54) is 0 Å². The van der Waals surface area contributed by atoms with Gasteiger partial charge in [0.1, 0.15) is 0 Å². The van der Waals surface area contributed by atoms with Crippen molar-refractivity contribution >= 4 is 18.3 Å². The van der Waals surface area contributed by atoms with Crippen LogP contribution in [-0.4, -0.2) is 53.7 Å². The SMILES string of the molecule is COC(CNC(=O)c1cn(C2CCNCC2)nn1)C(C)(C)C.Cl. The molecule has 1 amide bonds. The molecule has 2 rings (SSSR count). The maximum absolute atomic E-state index is 12.2. The molecule has 1 fully saturated rings. The lowest BCUT2D eigenvalue weighted by atomic mass is 9.89. The Balaban J connectivity index is 0.00000264. The third-order valence-corrected chi connectivity index (χ3v) is 4.12. The monoisotopic (exact) mass is 345 g/mol. The number of hydrogen-bond acceptors (Lipinski definition) is 5. The van der Waals surface area contributed by atoms with E-state index in [4.69, 9.17) is 4.74 Å². The summed E-state index contributed by atoms with van der Waals surface area (Å²) in [5.41, 5.74) is 0.330. The van der Waals surface area contributed by atoms with Crippen LogP contribution in [0.15, 0.2) is 6.20 Å². The van der Waals surface area contributed by atoms with Gasteiger partial charge in [0.25, 0.3) is 5.91 Å². The van der Waals surface area contributed by atoms with Gasteiger partial charge in [0.15, 0.2) is 5.69 Å². The minimum Gasteiger partial charge on any atom is -0.379 e. The quantitative estimate of drug-likeness (QED) is 0.843. The Labute approximate surface area is 143 Å². The Morgan fingerprint density at radius 2 is 2.13 bits per heavy atom. The molecule has 2 heterocycles. The molecule has 2 N–H and O–H groups in total. The molecule has 1 aromatic rings. The van der Waals surface area contributed by atoms with Crippen molar-refractivity contribution in [2.45, 2.75) is 45.8 Å². The molecule has 132 valence electrons. The number of aromatic nitrogens is 3. The van der Waals surface area contributed by atoms with Crippen molar-refractivity contribution in [2.75, 3.05) is 26.7 Å². The maximum Gasteiger partial charge on any atom is 0.273 e. The van der Waals surface area contributed by atoms with Crippen LogP contribution in [0, 0.1) is 5.41 Å². The molecule has 1 unspecified atom stereocenters. The number of amides is 1. The van der Waals surface area contributed by atoms with Gasteiger partial charge in [-0.25, -0.2) is 4.68 Å². The van der Waals surface area contributed by atoms with Gasteiger partial charge in [-0.2, -0.15) is 0 Å². The number of piperidine rings is 1. The molecule has 0 bridgehead atoms. The minimum atomic E-state index is -0.202. The molecule has 0 saturated carbocycles. The zero-order valence-corrected chi connectivity index (χ0v) is 15.2. The second-order valence-corrected chi connectivity index (χ2v) is 6.87. The van der Waals surface area contributed by atoms with Gasteiger partial charge < -0.3 is 15.4 Å². The maximum atomic E-state index is 12.2. The van der Waals surface area contributed by atoms with Crippen molar-refractivity contribution < 1.29 is 9.53 Å². The number of carbonyl (C=O) groups is 1. The molecule has 1 saturated heterocycles. The number of rotatable bonds is 5. The first-order chi connectivity index (χ1) is 10.4. The molecule has 1 aromatic heterocycles. The first-order valence-corrected chi connectivity index (χ1v) is 7.85. The van der Waals surface area contributed by atoms with Crippen LogP contribution in [0.4, 0.5) is 0 Å². The van der Waals surface area contributed by atoms with Gasteiger partial charge in [-0.3, -0.25) is 4.79 Å². The number of carbonyl (C=O) groups excluding carboxylic acids is 1. The molecular weight excluding hydrogens is 318 g/mol. The minimum absolute atomic E-state index is 0. The van der Waals surface area contributed by atoms with E-state index in [1.807, 2.05) is 4.68 Å². The van der Waals surface area contributed by atoms with Gasteiger partial charge in [0.2, 0.25) is 0 Å². The molecule has 23 heavy (non-hydrogen) atoms. The zero-order valence-electron chi connectivity index (χ0n) is 14.3. The summed E-state index contributed by atoms with van der Waals surface area (Å²) in [5.74, 6) is -0.202. The molecule has 0 spiro atoms. The van der Waals surface area contributed by atoms with Crippen LogP contribution in [0.25, 0.3) is 0 Å². The van der Waals surface area contributed by atoms with Crippen molar-refractivity contribution in [3.8, 4) is 0 Å². The number of nitrogens with one attached hydrogen (secondary N) is 2. The number of methoxy groups -OCH3 is 1. The Morgan fingerprint density at radius 3 is 2.70 bits per heavy atom. The lowest BCUT2D eigenvalue weighted by Gasteiger charge is -2.29. The van der Waals surface area contributed by atoms with Crippen LogP contribution in [-0.2, 0) is 4.74 Å². The fourth-order valence-electron chi connectivity index (χ4n) is 2.65. The second-order valence-electron chi connectivity index (χ2n) is 6.87. The lowest BCUT2D eigenvalue weighted by molar-refractivity contribution is 0.0175.